The van der Waals surface area contributed by atoms with E-state index in [0.717, 1.165) is 12.0 Å². The van der Waals surface area contributed by atoms with Crippen molar-refractivity contribution in [1.82, 2.24) is 5.32 Å². The van der Waals surface area contributed by atoms with Gasteiger partial charge in [0.25, 0.3) is 0 Å². The fourth-order valence-electron chi connectivity index (χ4n) is 2.60. The van der Waals surface area contributed by atoms with E-state index < -0.39 is 11.4 Å². The van der Waals surface area contributed by atoms with Crippen LogP contribution in [0.4, 0.5) is 0 Å². The third kappa shape index (κ3) is 3.50. The van der Waals surface area contributed by atoms with Gasteiger partial charge in [0.1, 0.15) is 0 Å². The first kappa shape index (κ1) is 16.1. The zero-order valence-electron chi connectivity index (χ0n) is 11.7. The molecule has 0 aliphatic heterocycles. The van der Waals surface area contributed by atoms with Crippen LogP contribution in [0.1, 0.15) is 44.2 Å². The second-order valence-electron chi connectivity index (χ2n) is 5.57. The summed E-state index contributed by atoms with van der Waals surface area (Å²) in [7, 11) is 0. The number of carbonyl (C=O) groups excluding carboxylic acids is 1. The highest BCUT2D eigenvalue weighted by molar-refractivity contribution is 6.35. The molecule has 1 saturated carbocycles. The first-order valence-electron chi connectivity index (χ1n) is 6.82. The van der Waals surface area contributed by atoms with Gasteiger partial charge in [0, 0.05) is 16.5 Å². The molecule has 6 heteroatoms. The number of amides is 1. The molecule has 21 heavy (non-hydrogen) atoms. The fourth-order valence-corrected chi connectivity index (χ4v) is 3.17. The number of benzene rings is 1. The van der Waals surface area contributed by atoms with Gasteiger partial charge in [0.2, 0.25) is 5.91 Å². The Labute approximate surface area is 133 Å². The van der Waals surface area contributed by atoms with E-state index in [1.165, 1.54) is 0 Å². The van der Waals surface area contributed by atoms with Crippen molar-refractivity contribution in [3.05, 3.63) is 33.8 Å². The third-order valence-corrected chi connectivity index (χ3v) is 4.63. The molecule has 0 saturated heterocycles. The minimum Gasteiger partial charge on any atom is -0.481 e. The van der Waals surface area contributed by atoms with Crippen LogP contribution in [-0.2, 0) is 9.59 Å². The van der Waals surface area contributed by atoms with Gasteiger partial charge in [-0.3, -0.25) is 9.59 Å². The number of hydrogen-bond acceptors (Lipinski definition) is 2. The first-order chi connectivity index (χ1) is 9.84. The van der Waals surface area contributed by atoms with Crippen LogP contribution in [0.15, 0.2) is 18.2 Å². The lowest BCUT2D eigenvalue weighted by Gasteiger charge is -2.37. The Morgan fingerprint density at radius 1 is 1.38 bits per heavy atom. The van der Waals surface area contributed by atoms with E-state index in [4.69, 9.17) is 23.2 Å². The van der Waals surface area contributed by atoms with Gasteiger partial charge >= 0.3 is 5.97 Å². The summed E-state index contributed by atoms with van der Waals surface area (Å²) in [5.74, 6) is -1.16. The molecule has 4 nitrogen and oxygen atoms in total. The molecule has 1 amide bonds. The molecule has 1 atom stereocenters. The molecule has 2 rings (SSSR count). The zero-order chi connectivity index (χ0) is 15.6. The number of carboxylic acids is 1. The van der Waals surface area contributed by atoms with E-state index in [1.54, 1.807) is 25.1 Å². The Morgan fingerprint density at radius 3 is 2.52 bits per heavy atom. The van der Waals surface area contributed by atoms with Crippen LogP contribution in [0.25, 0.3) is 0 Å². The van der Waals surface area contributed by atoms with Gasteiger partial charge in [-0.2, -0.15) is 0 Å². The number of halogens is 2. The fraction of sp³-hybridized carbons (Fsp3) is 0.467. The van der Waals surface area contributed by atoms with Crippen molar-refractivity contribution >= 4 is 35.1 Å². The van der Waals surface area contributed by atoms with Crippen LogP contribution >= 0.6 is 23.2 Å². The second kappa shape index (κ2) is 6.24. The molecule has 0 spiro atoms. The number of rotatable bonds is 5. The molecular weight excluding hydrogens is 313 g/mol. The van der Waals surface area contributed by atoms with E-state index in [2.05, 4.69) is 5.32 Å². The minimum atomic E-state index is -0.888. The quantitative estimate of drug-likeness (QED) is 0.863. The number of carboxylic acid groups (broad SMARTS) is 1. The standard InChI is InChI=1S/C15H17Cl2NO3/c1-9(11-4-3-10(16)7-12(11)17)18-13(19)8-15(14(20)21)5-2-6-15/h3-4,7,9H,2,5-6,8H2,1H3,(H,18,19)(H,20,21)/t9-/m0/s1. The summed E-state index contributed by atoms with van der Waals surface area (Å²) in [6, 6.07) is 4.78. The lowest BCUT2D eigenvalue weighted by Crippen LogP contribution is -2.43. The van der Waals surface area contributed by atoms with Crippen molar-refractivity contribution in [2.24, 2.45) is 5.41 Å². The lowest BCUT2D eigenvalue weighted by molar-refractivity contribution is -0.157. The van der Waals surface area contributed by atoms with Crippen LogP contribution in [0.2, 0.25) is 10.0 Å². The van der Waals surface area contributed by atoms with Gasteiger partial charge in [-0.25, -0.2) is 0 Å². The monoisotopic (exact) mass is 329 g/mol. The van der Waals surface area contributed by atoms with Crippen LogP contribution in [0, 0.1) is 5.41 Å². The molecule has 0 radical (unpaired) electrons. The van der Waals surface area contributed by atoms with E-state index in [-0.39, 0.29) is 18.4 Å². The van der Waals surface area contributed by atoms with Crippen LogP contribution in [-0.4, -0.2) is 17.0 Å². The van der Waals surface area contributed by atoms with Crippen molar-refractivity contribution in [2.45, 2.75) is 38.6 Å². The number of aliphatic carboxylic acids is 1. The summed E-state index contributed by atoms with van der Waals surface area (Å²) in [5.41, 5.74) is -0.125. The van der Waals surface area contributed by atoms with Gasteiger partial charge in [-0.05, 0) is 37.5 Å². The van der Waals surface area contributed by atoms with Gasteiger partial charge < -0.3 is 10.4 Å². The van der Waals surface area contributed by atoms with Crippen molar-refractivity contribution in [3.63, 3.8) is 0 Å². The maximum atomic E-state index is 12.1. The predicted octanol–water partition coefficient (Wildman–Crippen LogP) is 3.82. The second-order valence-corrected chi connectivity index (χ2v) is 6.41. The highest BCUT2D eigenvalue weighted by Gasteiger charge is 2.46. The topological polar surface area (TPSA) is 66.4 Å². The summed E-state index contributed by atoms with van der Waals surface area (Å²) >= 11 is 11.9. The zero-order valence-corrected chi connectivity index (χ0v) is 13.2. The largest absolute Gasteiger partial charge is 0.481 e. The molecule has 0 bridgehead atoms. The SMILES string of the molecule is C[C@H](NC(=O)CC1(C(=O)O)CCC1)c1ccc(Cl)cc1Cl. The number of hydrogen-bond donors (Lipinski definition) is 2. The average molecular weight is 330 g/mol. The maximum absolute atomic E-state index is 12.1. The molecule has 0 heterocycles. The van der Waals surface area contributed by atoms with Crippen LogP contribution in [0.3, 0.4) is 0 Å². The molecule has 1 aromatic rings. The van der Waals surface area contributed by atoms with Gasteiger partial charge in [0.05, 0.1) is 11.5 Å². The molecule has 114 valence electrons. The summed E-state index contributed by atoms with van der Waals surface area (Å²) in [6.45, 7) is 1.81. The Hall–Kier alpha value is -1.26. The van der Waals surface area contributed by atoms with Gasteiger partial charge in [-0.15, -0.1) is 0 Å². The third-order valence-electron chi connectivity index (χ3n) is 4.07. The highest BCUT2D eigenvalue weighted by atomic mass is 35.5. The lowest BCUT2D eigenvalue weighted by atomic mass is 9.66. The molecular formula is C15H17Cl2NO3. The van der Waals surface area contributed by atoms with Gasteiger partial charge in [-0.1, -0.05) is 35.7 Å². The molecule has 1 aliphatic carbocycles. The predicted molar refractivity (Wildman–Crippen MR) is 81.6 cm³/mol. The molecule has 1 aromatic carbocycles. The summed E-state index contributed by atoms with van der Waals surface area (Å²) in [4.78, 5) is 23.3. The van der Waals surface area contributed by atoms with Crippen LogP contribution in [0.5, 0.6) is 0 Å². The first-order valence-corrected chi connectivity index (χ1v) is 7.57. The van der Waals surface area contributed by atoms with E-state index in [1.807, 2.05) is 0 Å². The Kier molecular flexibility index (Phi) is 4.79. The Bertz CT molecular complexity index is 570. The van der Waals surface area contributed by atoms with E-state index in [0.29, 0.717) is 22.9 Å². The normalized spacial score (nSPS) is 17.7. The average Bonchev–Trinajstić information content (AvgIpc) is 2.32. The molecule has 0 aromatic heterocycles. The molecule has 1 aliphatic rings. The maximum Gasteiger partial charge on any atom is 0.310 e. The van der Waals surface area contributed by atoms with E-state index >= 15 is 0 Å². The van der Waals surface area contributed by atoms with Crippen molar-refractivity contribution < 1.29 is 14.7 Å². The number of carbonyl (C=O) groups is 2. The van der Waals surface area contributed by atoms with Crippen molar-refractivity contribution in [1.29, 1.82) is 0 Å². The van der Waals surface area contributed by atoms with Crippen molar-refractivity contribution in [2.75, 3.05) is 0 Å². The summed E-state index contributed by atoms with van der Waals surface area (Å²) < 4.78 is 0. The minimum absolute atomic E-state index is 0.0118. The number of nitrogens with one attached hydrogen (secondary N) is 1. The van der Waals surface area contributed by atoms with E-state index in [9.17, 15) is 14.7 Å². The Morgan fingerprint density at radius 2 is 2.05 bits per heavy atom. The smallest absolute Gasteiger partial charge is 0.310 e. The Balaban J connectivity index is 2.00. The van der Waals surface area contributed by atoms with Crippen molar-refractivity contribution in [3.8, 4) is 0 Å². The summed E-state index contributed by atoms with van der Waals surface area (Å²) in [5, 5.41) is 13.1. The summed E-state index contributed by atoms with van der Waals surface area (Å²) in [6.07, 6.45) is 1.99. The highest BCUT2D eigenvalue weighted by Crippen LogP contribution is 2.44. The molecule has 0 unspecified atom stereocenters. The molecule has 1 fully saturated rings. The van der Waals surface area contributed by atoms with Crippen LogP contribution < -0.4 is 5.32 Å². The van der Waals surface area contributed by atoms with Gasteiger partial charge in [0.15, 0.2) is 0 Å². The molecule has 2 N–H and O–H groups in total.